The van der Waals surface area contributed by atoms with Gasteiger partial charge in [0.2, 0.25) is 5.01 Å². The summed E-state index contributed by atoms with van der Waals surface area (Å²) >= 11 is 0.860. The number of methoxy groups -OCH3 is 2. The Hall–Kier alpha value is -3.58. The molecule has 2 aromatic carbocycles. The fourth-order valence-corrected chi connectivity index (χ4v) is 5.51. The molecule has 1 N–H and O–H groups in total. The van der Waals surface area contributed by atoms with Crippen molar-refractivity contribution < 1.29 is 31.9 Å². The fourth-order valence-electron chi connectivity index (χ4n) is 3.15. The van der Waals surface area contributed by atoms with E-state index in [1.54, 1.807) is 0 Å². The Kier molecular flexibility index (Phi) is 5.99. The summed E-state index contributed by atoms with van der Waals surface area (Å²) in [7, 11) is -1.42. The van der Waals surface area contributed by atoms with Gasteiger partial charge in [-0.05, 0) is 23.8 Å². The van der Waals surface area contributed by atoms with Gasteiger partial charge in [0.1, 0.15) is 15.7 Å². The van der Waals surface area contributed by atoms with Crippen LogP contribution in [0.5, 0.6) is 11.5 Å². The SMILES string of the molecule is COc1cc2c(cc1OC)S(=O)(=O)N(Cc1nnc(C(=O)NCc3ccc(F)cc3)s1)C2=O. The zero-order valence-electron chi connectivity index (χ0n) is 17.4. The highest BCUT2D eigenvalue weighted by Gasteiger charge is 2.43. The normalized spacial score (nSPS) is 14.2. The van der Waals surface area contributed by atoms with Crippen molar-refractivity contribution in [3.05, 3.63) is 63.4 Å². The number of ether oxygens (including phenoxy) is 2. The molecule has 1 aliphatic heterocycles. The number of rotatable bonds is 7. The molecule has 4 rings (SSSR count). The molecule has 0 unspecified atom stereocenters. The maximum atomic E-state index is 13.0. The van der Waals surface area contributed by atoms with Gasteiger partial charge in [-0.2, -0.15) is 0 Å². The number of nitrogens with zero attached hydrogens (tertiary/aromatic N) is 3. The summed E-state index contributed by atoms with van der Waals surface area (Å²) in [5.41, 5.74) is 0.640. The van der Waals surface area contributed by atoms with E-state index in [-0.39, 0.29) is 50.9 Å². The first-order valence-corrected chi connectivity index (χ1v) is 11.7. The molecule has 0 bridgehead atoms. The van der Waals surface area contributed by atoms with Crippen molar-refractivity contribution in [1.29, 1.82) is 0 Å². The average Bonchev–Trinajstić information content (AvgIpc) is 3.35. The molecule has 0 atom stereocenters. The molecule has 0 saturated heterocycles. The first kappa shape index (κ1) is 22.6. The molecule has 2 amide bonds. The zero-order chi connectivity index (χ0) is 23.8. The van der Waals surface area contributed by atoms with Crippen LogP contribution in [0.3, 0.4) is 0 Å². The molecule has 0 aliphatic carbocycles. The summed E-state index contributed by atoms with van der Waals surface area (Å²) in [5.74, 6) is -1.27. The molecular formula is C20H17FN4O6S2. The topological polar surface area (TPSA) is 128 Å². The van der Waals surface area contributed by atoms with Gasteiger partial charge >= 0.3 is 0 Å². The summed E-state index contributed by atoms with van der Waals surface area (Å²) in [6.07, 6.45) is 0. The van der Waals surface area contributed by atoms with E-state index in [2.05, 4.69) is 15.5 Å². The van der Waals surface area contributed by atoms with E-state index in [4.69, 9.17) is 9.47 Å². The van der Waals surface area contributed by atoms with E-state index in [0.29, 0.717) is 9.87 Å². The molecule has 0 spiro atoms. The largest absolute Gasteiger partial charge is 0.493 e. The molecule has 0 saturated carbocycles. The lowest BCUT2D eigenvalue weighted by atomic mass is 10.2. The number of amides is 2. The van der Waals surface area contributed by atoms with Gasteiger partial charge in [-0.3, -0.25) is 9.59 Å². The highest BCUT2D eigenvalue weighted by molar-refractivity contribution is 7.90. The Morgan fingerprint density at radius 3 is 2.45 bits per heavy atom. The van der Waals surface area contributed by atoms with Gasteiger partial charge in [0.25, 0.3) is 21.8 Å². The third-order valence-corrected chi connectivity index (χ3v) is 7.49. The predicted molar refractivity (Wildman–Crippen MR) is 114 cm³/mol. The maximum Gasteiger partial charge on any atom is 0.282 e. The smallest absolute Gasteiger partial charge is 0.282 e. The molecule has 172 valence electrons. The number of hydrogen-bond donors (Lipinski definition) is 1. The zero-order valence-corrected chi connectivity index (χ0v) is 19.0. The van der Waals surface area contributed by atoms with Crippen molar-refractivity contribution in [2.75, 3.05) is 14.2 Å². The van der Waals surface area contributed by atoms with Gasteiger partial charge < -0.3 is 14.8 Å². The monoisotopic (exact) mass is 492 g/mol. The minimum absolute atomic E-state index is 0.00277. The maximum absolute atomic E-state index is 13.0. The van der Waals surface area contributed by atoms with E-state index in [0.717, 1.165) is 11.3 Å². The Morgan fingerprint density at radius 1 is 1.12 bits per heavy atom. The van der Waals surface area contributed by atoms with Crippen molar-refractivity contribution >= 4 is 33.2 Å². The number of halogens is 1. The van der Waals surface area contributed by atoms with Crippen LogP contribution in [0.25, 0.3) is 0 Å². The summed E-state index contributed by atoms with van der Waals surface area (Å²) in [6.45, 7) is -0.241. The van der Waals surface area contributed by atoms with Gasteiger partial charge in [0.15, 0.2) is 11.5 Å². The summed E-state index contributed by atoms with van der Waals surface area (Å²) < 4.78 is 49.8. The number of carbonyl (C=O) groups excluding carboxylic acids is 2. The van der Waals surface area contributed by atoms with Crippen molar-refractivity contribution in [2.24, 2.45) is 0 Å². The first-order chi connectivity index (χ1) is 15.7. The lowest BCUT2D eigenvalue weighted by Crippen LogP contribution is -2.29. The fraction of sp³-hybridized carbons (Fsp3) is 0.200. The van der Waals surface area contributed by atoms with Crippen molar-refractivity contribution in [3.63, 3.8) is 0 Å². The number of aromatic nitrogens is 2. The highest BCUT2D eigenvalue weighted by atomic mass is 32.2. The quantitative estimate of drug-likeness (QED) is 0.530. The van der Waals surface area contributed by atoms with Crippen LogP contribution in [0.4, 0.5) is 4.39 Å². The number of nitrogens with one attached hydrogen (secondary N) is 1. The van der Waals surface area contributed by atoms with E-state index in [9.17, 15) is 22.4 Å². The molecule has 33 heavy (non-hydrogen) atoms. The molecule has 10 nitrogen and oxygen atoms in total. The van der Waals surface area contributed by atoms with E-state index in [1.807, 2.05) is 0 Å². The lowest BCUT2D eigenvalue weighted by Gasteiger charge is -2.12. The molecule has 0 radical (unpaired) electrons. The number of benzene rings is 2. The van der Waals surface area contributed by atoms with Crippen LogP contribution in [0.1, 0.15) is 30.7 Å². The lowest BCUT2D eigenvalue weighted by molar-refractivity contribution is 0.0863. The van der Waals surface area contributed by atoms with Gasteiger partial charge in [0, 0.05) is 12.6 Å². The van der Waals surface area contributed by atoms with Gasteiger partial charge in [-0.25, -0.2) is 17.1 Å². The second-order valence-electron chi connectivity index (χ2n) is 6.83. The molecular weight excluding hydrogens is 475 g/mol. The number of sulfonamides is 1. The van der Waals surface area contributed by atoms with E-state index >= 15 is 0 Å². The second-order valence-corrected chi connectivity index (χ2v) is 9.72. The Labute approximate surface area is 192 Å². The average molecular weight is 493 g/mol. The molecule has 0 fully saturated rings. The number of carbonyl (C=O) groups is 2. The molecule has 13 heteroatoms. The van der Waals surface area contributed by atoms with Crippen LogP contribution >= 0.6 is 11.3 Å². The molecule has 1 aliphatic rings. The van der Waals surface area contributed by atoms with E-state index in [1.165, 1.54) is 50.6 Å². The molecule has 2 heterocycles. The molecule has 1 aromatic heterocycles. The highest BCUT2D eigenvalue weighted by Crippen LogP contribution is 2.39. The minimum Gasteiger partial charge on any atom is -0.493 e. The van der Waals surface area contributed by atoms with Crippen LogP contribution in [0.15, 0.2) is 41.3 Å². The van der Waals surface area contributed by atoms with Crippen molar-refractivity contribution in [3.8, 4) is 11.5 Å². The van der Waals surface area contributed by atoms with Crippen LogP contribution < -0.4 is 14.8 Å². The van der Waals surface area contributed by atoms with Crippen molar-refractivity contribution in [1.82, 2.24) is 19.8 Å². The van der Waals surface area contributed by atoms with Gasteiger partial charge in [-0.1, -0.05) is 23.5 Å². The van der Waals surface area contributed by atoms with Gasteiger partial charge in [-0.15, -0.1) is 10.2 Å². The third kappa shape index (κ3) is 4.24. The van der Waals surface area contributed by atoms with Crippen molar-refractivity contribution in [2.45, 2.75) is 18.0 Å². The standard InChI is InChI=1S/C20H17FN4O6S2/c1-30-14-7-13-16(8-15(14)31-2)33(28,29)25(20(13)27)10-17-23-24-19(32-17)18(26)22-9-11-3-5-12(21)6-4-11/h3-8H,9-10H2,1-2H3,(H,22,26). The van der Waals surface area contributed by atoms with Crippen LogP contribution in [-0.2, 0) is 23.1 Å². The van der Waals surface area contributed by atoms with Crippen LogP contribution in [0, 0.1) is 5.82 Å². The van der Waals surface area contributed by atoms with Crippen LogP contribution in [0.2, 0.25) is 0 Å². The Balaban J connectivity index is 1.50. The third-order valence-electron chi connectivity index (χ3n) is 4.82. The Bertz CT molecular complexity index is 1340. The summed E-state index contributed by atoms with van der Waals surface area (Å²) in [5, 5.41) is 10.4. The molecule has 3 aromatic rings. The minimum atomic E-state index is -4.16. The first-order valence-electron chi connectivity index (χ1n) is 9.42. The Morgan fingerprint density at radius 2 is 1.79 bits per heavy atom. The van der Waals surface area contributed by atoms with Crippen LogP contribution in [-0.4, -0.2) is 49.0 Å². The predicted octanol–water partition coefficient (Wildman–Crippen LogP) is 1.97. The number of fused-ring (bicyclic) bond motifs is 1. The summed E-state index contributed by atoms with van der Waals surface area (Å²) in [6, 6.07) is 8.17. The second kappa shape index (κ2) is 8.75. The van der Waals surface area contributed by atoms with Gasteiger partial charge in [0.05, 0.1) is 26.3 Å². The number of hydrogen-bond acceptors (Lipinski definition) is 9. The van der Waals surface area contributed by atoms with E-state index < -0.39 is 21.8 Å². The summed E-state index contributed by atoms with van der Waals surface area (Å²) in [4.78, 5) is 25.0.